The second-order valence-electron chi connectivity index (χ2n) is 13.7. The summed E-state index contributed by atoms with van der Waals surface area (Å²) in [7, 11) is 2.60. The monoisotopic (exact) mass is 802 g/mol. The number of phenols is 1. The number of aromatic nitrogens is 1. The number of carboxylic acids is 1. The highest BCUT2D eigenvalue weighted by Gasteiger charge is 2.70. The number of carbonyl (C=O) groups is 5. The van der Waals surface area contributed by atoms with Gasteiger partial charge in [0, 0.05) is 23.7 Å². The number of anilines is 1. The molecular formula is C37H31Cl2F3N4O9. The third-order valence-corrected chi connectivity index (χ3v) is 11.6. The van der Waals surface area contributed by atoms with E-state index in [2.05, 4.69) is 10.4 Å². The largest absolute Gasteiger partial charge is 0.502 e. The smallest absolute Gasteiger partial charge is 0.417 e. The number of aliphatic carboxylic acids is 1. The van der Waals surface area contributed by atoms with Crippen LogP contribution in [-0.4, -0.2) is 75.5 Å². The molecular weight excluding hydrogens is 772 g/mol. The molecule has 2 aromatic carbocycles. The summed E-state index contributed by atoms with van der Waals surface area (Å²) in [5.41, 5.74) is 0.672. The number of alkyl halides is 3. The molecule has 2 aliphatic carbocycles. The highest BCUT2D eigenvalue weighted by atomic mass is 35.5. The zero-order valence-corrected chi connectivity index (χ0v) is 30.4. The number of rotatable bonds is 9. The van der Waals surface area contributed by atoms with Crippen LogP contribution in [0.15, 0.2) is 60.3 Å². The van der Waals surface area contributed by atoms with E-state index in [9.17, 15) is 42.6 Å². The van der Waals surface area contributed by atoms with E-state index in [1.807, 2.05) is 0 Å². The Balaban J connectivity index is 1.45. The van der Waals surface area contributed by atoms with Crippen molar-refractivity contribution < 1.29 is 56.8 Å². The number of carboxylic acid groups (broad SMARTS) is 1. The van der Waals surface area contributed by atoms with Crippen molar-refractivity contribution in [2.24, 2.45) is 23.7 Å². The van der Waals surface area contributed by atoms with Crippen LogP contribution in [0.2, 0.25) is 10.0 Å². The van der Waals surface area contributed by atoms with Gasteiger partial charge in [0.15, 0.2) is 17.3 Å². The van der Waals surface area contributed by atoms with Crippen molar-refractivity contribution in [3.05, 3.63) is 87.0 Å². The van der Waals surface area contributed by atoms with Crippen LogP contribution in [0.4, 0.5) is 19.0 Å². The first-order valence-corrected chi connectivity index (χ1v) is 17.7. The Hall–Kier alpha value is -5.35. The first-order chi connectivity index (χ1) is 26.0. The quantitative estimate of drug-likeness (QED) is 0.182. The Labute approximate surface area is 320 Å². The zero-order chi connectivity index (χ0) is 39.7. The molecule has 6 atom stereocenters. The molecule has 3 N–H and O–H groups in total. The van der Waals surface area contributed by atoms with Gasteiger partial charge in [-0.05, 0) is 60.2 Å². The average Bonchev–Trinajstić information content (AvgIpc) is 3.51. The van der Waals surface area contributed by atoms with Gasteiger partial charge in [-0.25, -0.2) is 4.98 Å². The number of hydrogen-bond acceptors (Lipinski definition) is 10. The lowest BCUT2D eigenvalue weighted by Gasteiger charge is -2.50. The molecule has 18 heteroatoms. The number of carbonyl (C=O) groups excluding carboxylic acids is 4. The molecule has 2 saturated heterocycles. The van der Waals surface area contributed by atoms with Crippen molar-refractivity contribution in [3.63, 3.8) is 0 Å². The summed E-state index contributed by atoms with van der Waals surface area (Å²) in [6, 6.07) is 9.72. The summed E-state index contributed by atoms with van der Waals surface area (Å²) in [5.74, 6) is -10.1. The number of hydrazine groups is 1. The van der Waals surface area contributed by atoms with E-state index in [1.54, 1.807) is 18.2 Å². The normalized spacial score (nSPS) is 26.0. The van der Waals surface area contributed by atoms with Gasteiger partial charge in [0.2, 0.25) is 17.6 Å². The predicted molar refractivity (Wildman–Crippen MR) is 187 cm³/mol. The Morgan fingerprint density at radius 3 is 2.24 bits per heavy atom. The maximum atomic E-state index is 15.3. The molecule has 0 radical (unpaired) electrons. The van der Waals surface area contributed by atoms with Gasteiger partial charge in [0.25, 0.3) is 11.8 Å². The lowest BCUT2D eigenvalue weighted by molar-refractivity contribution is -0.143. The van der Waals surface area contributed by atoms with E-state index in [0.717, 1.165) is 4.90 Å². The van der Waals surface area contributed by atoms with E-state index in [-0.39, 0.29) is 36.6 Å². The number of nitrogens with zero attached hydrogens (tertiary/aromatic N) is 3. The molecule has 2 aliphatic heterocycles. The van der Waals surface area contributed by atoms with Crippen molar-refractivity contribution >= 4 is 58.6 Å². The van der Waals surface area contributed by atoms with Crippen LogP contribution in [0.5, 0.6) is 17.2 Å². The summed E-state index contributed by atoms with van der Waals surface area (Å²) < 4.78 is 51.4. The Bertz CT molecular complexity index is 2160. The number of hydrogen-bond donors (Lipinski definition) is 3. The van der Waals surface area contributed by atoms with Crippen LogP contribution in [0.3, 0.4) is 0 Å². The molecule has 3 fully saturated rings. The molecule has 13 nitrogen and oxygen atoms in total. The number of pyridine rings is 1. The number of methoxy groups -OCH3 is 2. The van der Waals surface area contributed by atoms with Crippen LogP contribution < -0.4 is 14.9 Å². The molecule has 3 heterocycles. The van der Waals surface area contributed by atoms with Crippen molar-refractivity contribution in [2.75, 3.05) is 26.2 Å². The van der Waals surface area contributed by atoms with E-state index >= 15 is 4.79 Å². The molecule has 6 unspecified atom stereocenters. The topological polar surface area (TPSA) is 176 Å². The van der Waals surface area contributed by atoms with E-state index < -0.39 is 93.6 Å². The third-order valence-electron chi connectivity index (χ3n) is 11.0. The molecule has 288 valence electrons. The maximum Gasteiger partial charge on any atom is 0.417 e. The Morgan fingerprint density at radius 2 is 1.65 bits per heavy atom. The highest BCUT2D eigenvalue weighted by Crippen LogP contribution is 2.65. The average molecular weight is 804 g/mol. The first kappa shape index (κ1) is 37.9. The summed E-state index contributed by atoms with van der Waals surface area (Å²) in [4.78, 5) is 73.9. The van der Waals surface area contributed by atoms with Gasteiger partial charge in [-0.3, -0.25) is 34.3 Å². The lowest BCUT2D eigenvalue weighted by Crippen LogP contribution is -2.53. The second kappa shape index (κ2) is 13.7. The van der Waals surface area contributed by atoms with Gasteiger partial charge < -0.3 is 19.7 Å². The van der Waals surface area contributed by atoms with Gasteiger partial charge >= 0.3 is 12.1 Å². The summed E-state index contributed by atoms with van der Waals surface area (Å²) in [6.45, 7) is -0.355. The van der Waals surface area contributed by atoms with E-state index in [0.29, 0.717) is 39.0 Å². The van der Waals surface area contributed by atoms with Gasteiger partial charge in [-0.15, -0.1) is 0 Å². The first-order valence-electron chi connectivity index (χ1n) is 16.9. The molecule has 1 aromatic heterocycles. The number of fused-ring (bicyclic) bond motifs is 4. The number of amides is 4. The number of nitrogens with one attached hydrogen (secondary N) is 1. The number of ether oxygens (including phenoxy) is 2. The predicted octanol–water partition coefficient (Wildman–Crippen LogP) is 5.59. The van der Waals surface area contributed by atoms with Gasteiger partial charge in [-0.2, -0.15) is 18.2 Å². The standard InChI is InChI=1S/C37H31Cl2F3N4O9/c1-54-25-11-16(12-26(55-2)30(25)49)29-20-7-8-21-28(34(52)45(32(21)50)10-9-27(47)48)22(20)14-23-33(51)46(35(53)36(23,29)17-3-5-19(38)6-4-17)44-31-24(39)13-18(15-43-31)37(40,41)42/h3-7,11-13,15,21-23,28-29,49H,8-10,14H2,1-2H3,(H,43,44)(H,47,48). The number of imide groups is 2. The molecule has 0 spiro atoms. The van der Waals surface area contributed by atoms with Gasteiger partial charge in [0.1, 0.15) is 0 Å². The SMILES string of the molecule is COc1cc(C2C3=CCC4C(=O)N(CCC(=O)O)C(=O)C4C3CC3C(=O)N(Nc4ncc(C(F)(F)F)cc4Cl)C(=O)C32c2ccc(Cl)cc2)cc(OC)c1O. The summed E-state index contributed by atoms with van der Waals surface area (Å²) in [6.07, 6.45) is -3.12. The second-order valence-corrected chi connectivity index (χ2v) is 14.5. The maximum absolute atomic E-state index is 15.3. The number of phenolic OH excluding ortho intramolecular Hbond substituents is 1. The molecule has 55 heavy (non-hydrogen) atoms. The fourth-order valence-electron chi connectivity index (χ4n) is 8.73. The number of aromatic hydroxyl groups is 1. The van der Waals surface area contributed by atoms with Crippen LogP contribution in [-0.2, 0) is 35.6 Å². The fourth-order valence-corrected chi connectivity index (χ4v) is 9.07. The molecule has 4 aliphatic rings. The van der Waals surface area contributed by atoms with Gasteiger partial charge in [0.05, 0.1) is 54.4 Å². The number of likely N-dealkylation sites (tertiary alicyclic amines) is 1. The Morgan fingerprint density at radius 1 is 1.00 bits per heavy atom. The summed E-state index contributed by atoms with van der Waals surface area (Å²) >= 11 is 12.5. The zero-order valence-electron chi connectivity index (χ0n) is 28.9. The highest BCUT2D eigenvalue weighted by molar-refractivity contribution is 6.33. The molecule has 1 saturated carbocycles. The van der Waals surface area contributed by atoms with Crippen molar-refractivity contribution in [1.29, 1.82) is 0 Å². The van der Waals surface area contributed by atoms with E-state index in [1.165, 1.54) is 38.5 Å². The minimum atomic E-state index is -4.79. The van der Waals surface area contributed by atoms with Crippen LogP contribution in [0.1, 0.15) is 41.9 Å². The summed E-state index contributed by atoms with van der Waals surface area (Å²) in [5, 5.41) is 20.6. The minimum absolute atomic E-state index is 0.0457. The molecule has 7 rings (SSSR count). The molecule has 3 aromatic rings. The Kier molecular flexibility index (Phi) is 9.48. The van der Waals surface area contributed by atoms with Crippen LogP contribution in [0, 0.1) is 23.7 Å². The fraction of sp³-hybridized carbons (Fsp3) is 0.351. The molecule has 0 bridgehead atoms. The number of benzene rings is 2. The molecule has 4 amide bonds. The van der Waals surface area contributed by atoms with Crippen molar-refractivity contribution in [1.82, 2.24) is 14.9 Å². The van der Waals surface area contributed by atoms with Crippen LogP contribution >= 0.6 is 23.2 Å². The minimum Gasteiger partial charge on any atom is -0.502 e. The lowest BCUT2D eigenvalue weighted by atomic mass is 9.49. The van der Waals surface area contributed by atoms with Crippen molar-refractivity contribution in [3.8, 4) is 17.2 Å². The number of allylic oxidation sites excluding steroid dienone is 2. The van der Waals surface area contributed by atoms with Crippen molar-refractivity contribution in [2.45, 2.75) is 36.8 Å². The number of halogens is 5. The third kappa shape index (κ3) is 5.93. The van der Waals surface area contributed by atoms with Crippen LogP contribution in [0.25, 0.3) is 0 Å². The van der Waals surface area contributed by atoms with E-state index in [4.69, 9.17) is 32.7 Å². The van der Waals surface area contributed by atoms with Gasteiger partial charge in [-0.1, -0.05) is 47.0 Å².